The molecule has 0 spiro atoms. The molecule has 6 heteroatoms. The van der Waals surface area contributed by atoms with Crippen LogP contribution < -0.4 is 14.8 Å². The molecule has 1 amide bonds. The number of hydrogen-bond donors (Lipinski definition) is 1. The summed E-state index contributed by atoms with van der Waals surface area (Å²) in [6, 6.07) is 15.5. The van der Waals surface area contributed by atoms with Crippen molar-refractivity contribution in [3.8, 4) is 17.2 Å². The van der Waals surface area contributed by atoms with Gasteiger partial charge in [-0.05, 0) is 18.2 Å². The van der Waals surface area contributed by atoms with E-state index in [1.54, 1.807) is 18.9 Å². The van der Waals surface area contributed by atoms with Crippen molar-refractivity contribution in [2.75, 3.05) is 19.5 Å². The molecular weight excluding hydrogens is 330 g/mol. The lowest BCUT2D eigenvalue weighted by molar-refractivity contribution is -0.116. The lowest BCUT2D eigenvalue weighted by Gasteiger charge is -2.25. The van der Waals surface area contributed by atoms with E-state index in [-0.39, 0.29) is 11.8 Å². The van der Waals surface area contributed by atoms with Gasteiger partial charge in [-0.15, -0.1) is 0 Å². The summed E-state index contributed by atoms with van der Waals surface area (Å²) in [5.74, 6) is 1.79. The Morgan fingerprint density at radius 2 is 1.85 bits per heavy atom. The number of carbonyl (C=O) groups excluding carboxylic acids is 1. The molecule has 0 radical (unpaired) electrons. The van der Waals surface area contributed by atoms with Crippen molar-refractivity contribution in [1.29, 1.82) is 0 Å². The molecule has 0 fully saturated rings. The van der Waals surface area contributed by atoms with Gasteiger partial charge >= 0.3 is 0 Å². The van der Waals surface area contributed by atoms with Crippen LogP contribution in [0.3, 0.4) is 0 Å². The third kappa shape index (κ3) is 2.60. The van der Waals surface area contributed by atoms with E-state index in [2.05, 4.69) is 10.4 Å². The summed E-state index contributed by atoms with van der Waals surface area (Å²) in [5.41, 5.74) is 2.77. The number of carbonyl (C=O) groups is 1. The summed E-state index contributed by atoms with van der Waals surface area (Å²) in [4.78, 5) is 12.4. The van der Waals surface area contributed by atoms with Crippen LogP contribution in [-0.2, 0) is 4.79 Å². The van der Waals surface area contributed by atoms with Crippen molar-refractivity contribution in [3.63, 3.8) is 0 Å². The first kappa shape index (κ1) is 16.2. The number of fused-ring (bicyclic) bond motifs is 1. The summed E-state index contributed by atoms with van der Waals surface area (Å²) in [5, 5.41) is 7.47. The second-order valence-corrected chi connectivity index (χ2v) is 6.08. The Morgan fingerprint density at radius 3 is 2.58 bits per heavy atom. The number of nitrogens with one attached hydrogen (secondary N) is 1. The maximum absolute atomic E-state index is 12.4. The number of aromatic nitrogens is 2. The summed E-state index contributed by atoms with van der Waals surface area (Å²) in [6.45, 7) is 0. The molecule has 0 aliphatic carbocycles. The minimum atomic E-state index is -0.152. The van der Waals surface area contributed by atoms with Crippen LogP contribution in [0, 0.1) is 0 Å². The van der Waals surface area contributed by atoms with Crippen molar-refractivity contribution < 1.29 is 14.3 Å². The van der Waals surface area contributed by atoms with Crippen LogP contribution in [0.2, 0.25) is 0 Å². The smallest absolute Gasteiger partial charge is 0.226 e. The fourth-order valence-electron chi connectivity index (χ4n) is 3.45. The van der Waals surface area contributed by atoms with Gasteiger partial charge in [0.2, 0.25) is 5.91 Å². The highest BCUT2D eigenvalue weighted by atomic mass is 16.5. The highest BCUT2D eigenvalue weighted by molar-refractivity contribution is 5.94. The van der Waals surface area contributed by atoms with Gasteiger partial charge in [0.1, 0.15) is 5.82 Å². The number of nitrogens with zero attached hydrogens (tertiary/aromatic N) is 2. The Balaban J connectivity index is 1.85. The van der Waals surface area contributed by atoms with Crippen LogP contribution >= 0.6 is 0 Å². The van der Waals surface area contributed by atoms with Gasteiger partial charge in [0.25, 0.3) is 0 Å². The van der Waals surface area contributed by atoms with Gasteiger partial charge in [0, 0.05) is 23.5 Å². The zero-order valence-corrected chi connectivity index (χ0v) is 14.6. The van der Waals surface area contributed by atoms with Crippen molar-refractivity contribution in [3.05, 3.63) is 65.9 Å². The van der Waals surface area contributed by atoms with Crippen molar-refractivity contribution in [1.82, 2.24) is 9.78 Å². The van der Waals surface area contributed by atoms with E-state index >= 15 is 0 Å². The molecular formula is C20H19N3O3. The number of para-hydroxylation sites is 2. The van der Waals surface area contributed by atoms with E-state index in [9.17, 15) is 4.79 Å². The highest BCUT2D eigenvalue weighted by Gasteiger charge is 2.32. The normalized spacial score (nSPS) is 15.9. The molecule has 1 unspecified atom stereocenters. The van der Waals surface area contributed by atoms with Gasteiger partial charge in [-0.1, -0.05) is 30.3 Å². The van der Waals surface area contributed by atoms with Crippen molar-refractivity contribution in [2.45, 2.75) is 12.3 Å². The highest BCUT2D eigenvalue weighted by Crippen LogP contribution is 2.44. The molecule has 26 heavy (non-hydrogen) atoms. The van der Waals surface area contributed by atoms with Crippen molar-refractivity contribution >= 4 is 11.7 Å². The molecule has 0 saturated carbocycles. The number of anilines is 1. The van der Waals surface area contributed by atoms with Crippen LogP contribution in [-0.4, -0.2) is 29.9 Å². The molecule has 1 atom stereocenters. The largest absolute Gasteiger partial charge is 0.493 e. The number of benzene rings is 2. The number of amides is 1. The first-order chi connectivity index (χ1) is 12.7. The van der Waals surface area contributed by atoms with E-state index in [1.165, 1.54) is 0 Å². The minimum absolute atomic E-state index is 0.0509. The number of methoxy groups -OCH3 is 2. The SMILES string of the molecule is COc1cccc(C2CC(=O)Nc3c2cnn3-c2ccccc2)c1OC. The average molecular weight is 349 g/mol. The van der Waals surface area contributed by atoms with Crippen LogP contribution in [0.4, 0.5) is 5.82 Å². The van der Waals surface area contributed by atoms with Crippen LogP contribution in [0.15, 0.2) is 54.7 Å². The number of rotatable bonds is 4. The first-order valence-corrected chi connectivity index (χ1v) is 8.37. The Kier molecular flexibility index (Phi) is 4.08. The van der Waals surface area contributed by atoms with E-state index < -0.39 is 0 Å². The fourth-order valence-corrected chi connectivity index (χ4v) is 3.45. The van der Waals surface area contributed by atoms with Gasteiger partial charge in [-0.2, -0.15) is 5.10 Å². The van der Waals surface area contributed by atoms with E-state index in [4.69, 9.17) is 9.47 Å². The first-order valence-electron chi connectivity index (χ1n) is 8.37. The zero-order valence-electron chi connectivity index (χ0n) is 14.6. The second-order valence-electron chi connectivity index (χ2n) is 6.08. The average Bonchev–Trinajstić information content (AvgIpc) is 3.11. The van der Waals surface area contributed by atoms with E-state index in [0.29, 0.717) is 23.7 Å². The summed E-state index contributed by atoms with van der Waals surface area (Å²) >= 11 is 0. The molecule has 1 aliphatic rings. The zero-order chi connectivity index (χ0) is 18.1. The standard InChI is InChI=1S/C20H19N3O3/c1-25-17-10-6-9-14(19(17)26-2)15-11-18(24)22-20-16(15)12-21-23(20)13-7-4-3-5-8-13/h3-10,12,15H,11H2,1-2H3,(H,22,24). The molecule has 2 aromatic carbocycles. The molecule has 4 rings (SSSR count). The summed E-state index contributed by atoms with van der Waals surface area (Å²) in [6.07, 6.45) is 2.14. The predicted octanol–water partition coefficient (Wildman–Crippen LogP) is 3.36. The number of hydrogen-bond acceptors (Lipinski definition) is 4. The lowest BCUT2D eigenvalue weighted by atomic mass is 9.86. The Bertz CT molecular complexity index is 950. The quantitative estimate of drug-likeness (QED) is 0.784. The topological polar surface area (TPSA) is 65.4 Å². The maximum Gasteiger partial charge on any atom is 0.226 e. The molecule has 0 bridgehead atoms. The monoisotopic (exact) mass is 349 g/mol. The van der Waals surface area contributed by atoms with Gasteiger partial charge in [0.05, 0.1) is 26.1 Å². The van der Waals surface area contributed by atoms with Crippen LogP contribution in [0.25, 0.3) is 5.69 Å². The molecule has 132 valence electrons. The molecule has 3 aromatic rings. The third-order valence-electron chi connectivity index (χ3n) is 4.63. The van der Waals surface area contributed by atoms with Gasteiger partial charge in [-0.25, -0.2) is 4.68 Å². The fraction of sp³-hybridized carbons (Fsp3) is 0.200. The number of ether oxygens (including phenoxy) is 2. The molecule has 1 N–H and O–H groups in total. The maximum atomic E-state index is 12.4. The second kappa shape index (κ2) is 6.55. The third-order valence-corrected chi connectivity index (χ3v) is 4.63. The Hall–Kier alpha value is -3.28. The van der Waals surface area contributed by atoms with E-state index in [0.717, 1.165) is 16.8 Å². The van der Waals surface area contributed by atoms with Gasteiger partial charge < -0.3 is 14.8 Å². The lowest BCUT2D eigenvalue weighted by Crippen LogP contribution is -2.24. The predicted molar refractivity (Wildman–Crippen MR) is 98.2 cm³/mol. The molecule has 1 aliphatic heterocycles. The Morgan fingerprint density at radius 1 is 1.04 bits per heavy atom. The van der Waals surface area contributed by atoms with Gasteiger partial charge in [-0.3, -0.25) is 4.79 Å². The van der Waals surface area contributed by atoms with Crippen LogP contribution in [0.5, 0.6) is 11.5 Å². The minimum Gasteiger partial charge on any atom is -0.493 e. The summed E-state index contributed by atoms with van der Waals surface area (Å²) < 4.78 is 12.7. The summed E-state index contributed by atoms with van der Waals surface area (Å²) in [7, 11) is 3.21. The Labute approximate surface area is 151 Å². The van der Waals surface area contributed by atoms with Crippen molar-refractivity contribution in [2.24, 2.45) is 0 Å². The molecule has 1 aromatic heterocycles. The molecule has 2 heterocycles. The van der Waals surface area contributed by atoms with E-state index in [1.807, 2.05) is 54.7 Å². The van der Waals surface area contributed by atoms with Gasteiger partial charge in [0.15, 0.2) is 11.5 Å². The van der Waals surface area contributed by atoms with Crippen LogP contribution in [0.1, 0.15) is 23.5 Å². The molecule has 0 saturated heterocycles. The molecule has 6 nitrogen and oxygen atoms in total.